The molecule has 0 saturated heterocycles. The zero-order valence-electron chi connectivity index (χ0n) is 7.46. The van der Waals surface area contributed by atoms with Crippen molar-refractivity contribution < 1.29 is 4.79 Å². The summed E-state index contributed by atoms with van der Waals surface area (Å²) in [6, 6.07) is 0. The first-order chi connectivity index (χ1) is 5.88. The van der Waals surface area contributed by atoms with E-state index >= 15 is 0 Å². The Labute approximate surface area is 73.8 Å². The van der Waals surface area contributed by atoms with Crippen LogP contribution in [-0.4, -0.2) is 5.78 Å². The molecular formula is C11H16O. The second-order valence-corrected chi connectivity index (χ2v) is 3.99. The van der Waals surface area contributed by atoms with E-state index in [1.54, 1.807) is 0 Å². The van der Waals surface area contributed by atoms with Crippen LogP contribution in [0.1, 0.15) is 38.5 Å². The average Bonchev–Trinajstić information content (AvgIpc) is 2.29. The Morgan fingerprint density at radius 2 is 2.08 bits per heavy atom. The predicted molar refractivity (Wildman–Crippen MR) is 48.8 cm³/mol. The first-order valence-electron chi connectivity index (χ1n) is 5.07. The van der Waals surface area contributed by atoms with Crippen LogP contribution >= 0.6 is 0 Å². The van der Waals surface area contributed by atoms with Gasteiger partial charge in [0.2, 0.25) is 0 Å². The Kier molecular flexibility index (Phi) is 2.29. The van der Waals surface area contributed by atoms with Gasteiger partial charge < -0.3 is 0 Å². The van der Waals surface area contributed by atoms with Crippen molar-refractivity contribution in [1.82, 2.24) is 0 Å². The minimum atomic E-state index is 0.387. The zero-order valence-corrected chi connectivity index (χ0v) is 7.46. The van der Waals surface area contributed by atoms with Gasteiger partial charge in [0.15, 0.2) is 0 Å². The van der Waals surface area contributed by atoms with Crippen LogP contribution in [-0.2, 0) is 4.79 Å². The van der Waals surface area contributed by atoms with E-state index in [9.17, 15) is 4.79 Å². The molecule has 1 nitrogen and oxygen atoms in total. The summed E-state index contributed by atoms with van der Waals surface area (Å²) >= 11 is 0. The Balaban J connectivity index is 2.14. The van der Waals surface area contributed by atoms with Crippen LogP contribution in [0.5, 0.6) is 0 Å². The lowest BCUT2D eigenvalue weighted by molar-refractivity contribution is -0.124. The number of hydrogen-bond donors (Lipinski definition) is 0. The molecule has 1 fully saturated rings. The monoisotopic (exact) mass is 164 g/mol. The van der Waals surface area contributed by atoms with Crippen LogP contribution in [0.2, 0.25) is 0 Å². The van der Waals surface area contributed by atoms with E-state index in [1.165, 1.54) is 19.3 Å². The van der Waals surface area contributed by atoms with Gasteiger partial charge in [-0.15, -0.1) is 0 Å². The number of ketones is 1. The van der Waals surface area contributed by atoms with Crippen LogP contribution in [0.4, 0.5) is 0 Å². The summed E-state index contributed by atoms with van der Waals surface area (Å²) in [5.74, 6) is 1.50. The van der Waals surface area contributed by atoms with Crippen molar-refractivity contribution in [3.63, 3.8) is 0 Å². The fraction of sp³-hybridized carbons (Fsp3) is 0.727. The quantitative estimate of drug-likeness (QED) is 0.503. The minimum absolute atomic E-state index is 0.387. The number of carbonyl (C=O) groups is 1. The minimum Gasteiger partial charge on any atom is -0.299 e. The third kappa shape index (κ3) is 1.45. The molecule has 66 valence electrons. The summed E-state index contributed by atoms with van der Waals surface area (Å²) < 4.78 is 0. The predicted octanol–water partition coefficient (Wildman–Crippen LogP) is 2.71. The molecule has 0 radical (unpaired) electrons. The molecular weight excluding hydrogens is 148 g/mol. The lowest BCUT2D eigenvalue weighted by Crippen LogP contribution is -2.24. The molecule has 0 aromatic rings. The van der Waals surface area contributed by atoms with Gasteiger partial charge in [-0.1, -0.05) is 25.0 Å². The van der Waals surface area contributed by atoms with Crippen LogP contribution in [0.3, 0.4) is 0 Å². The van der Waals surface area contributed by atoms with Gasteiger partial charge in [0, 0.05) is 12.3 Å². The van der Waals surface area contributed by atoms with Gasteiger partial charge >= 0.3 is 0 Å². The van der Waals surface area contributed by atoms with E-state index in [0.717, 1.165) is 19.3 Å². The van der Waals surface area contributed by atoms with Crippen molar-refractivity contribution in [1.29, 1.82) is 0 Å². The van der Waals surface area contributed by atoms with Crippen LogP contribution < -0.4 is 0 Å². The highest BCUT2D eigenvalue weighted by Crippen LogP contribution is 2.34. The molecule has 0 bridgehead atoms. The fourth-order valence-electron chi connectivity index (χ4n) is 2.47. The third-order valence-corrected chi connectivity index (χ3v) is 3.17. The van der Waals surface area contributed by atoms with Gasteiger partial charge in [0.1, 0.15) is 5.78 Å². The second-order valence-electron chi connectivity index (χ2n) is 3.99. The smallest absolute Gasteiger partial charge is 0.136 e. The molecule has 2 aliphatic carbocycles. The highest BCUT2D eigenvalue weighted by atomic mass is 16.1. The molecule has 0 spiro atoms. The molecule has 2 atom stereocenters. The van der Waals surface area contributed by atoms with Gasteiger partial charge in [0.05, 0.1) is 0 Å². The maximum absolute atomic E-state index is 11.6. The van der Waals surface area contributed by atoms with Crippen LogP contribution in [0.15, 0.2) is 12.2 Å². The SMILES string of the molecule is O=C1CCC=CC2CCCCC12. The molecule has 0 amide bonds. The van der Waals surface area contributed by atoms with Crippen LogP contribution in [0, 0.1) is 11.8 Å². The summed E-state index contributed by atoms with van der Waals surface area (Å²) in [6.07, 6.45) is 11.2. The van der Waals surface area contributed by atoms with Crippen molar-refractivity contribution in [2.45, 2.75) is 38.5 Å². The topological polar surface area (TPSA) is 17.1 Å². The summed E-state index contributed by atoms with van der Waals surface area (Å²) in [5, 5.41) is 0. The lowest BCUT2D eigenvalue weighted by atomic mass is 9.77. The van der Waals surface area contributed by atoms with E-state index in [-0.39, 0.29) is 0 Å². The van der Waals surface area contributed by atoms with E-state index in [0.29, 0.717) is 17.6 Å². The van der Waals surface area contributed by atoms with Gasteiger partial charge in [-0.2, -0.15) is 0 Å². The van der Waals surface area contributed by atoms with Gasteiger partial charge in [-0.25, -0.2) is 0 Å². The number of fused-ring (bicyclic) bond motifs is 1. The Hall–Kier alpha value is -0.590. The van der Waals surface area contributed by atoms with Crippen molar-refractivity contribution in [2.24, 2.45) is 11.8 Å². The largest absolute Gasteiger partial charge is 0.299 e. The maximum atomic E-state index is 11.6. The van der Waals surface area contributed by atoms with E-state index in [4.69, 9.17) is 0 Å². The molecule has 0 N–H and O–H groups in total. The number of hydrogen-bond acceptors (Lipinski definition) is 1. The molecule has 1 heteroatoms. The Bertz CT molecular complexity index is 205. The molecule has 0 aromatic carbocycles. The average molecular weight is 164 g/mol. The van der Waals surface area contributed by atoms with Gasteiger partial charge in [-0.05, 0) is 25.2 Å². The number of allylic oxidation sites excluding steroid dienone is 2. The molecule has 0 heterocycles. The maximum Gasteiger partial charge on any atom is 0.136 e. The van der Waals surface area contributed by atoms with Gasteiger partial charge in [0.25, 0.3) is 0 Å². The number of rotatable bonds is 0. The van der Waals surface area contributed by atoms with Gasteiger partial charge in [-0.3, -0.25) is 4.79 Å². The van der Waals surface area contributed by atoms with Crippen molar-refractivity contribution >= 4 is 5.78 Å². The van der Waals surface area contributed by atoms with E-state index in [1.807, 2.05) is 0 Å². The number of carbonyl (C=O) groups excluding carboxylic acids is 1. The molecule has 2 unspecified atom stereocenters. The normalized spacial score (nSPS) is 35.8. The van der Waals surface area contributed by atoms with E-state index < -0.39 is 0 Å². The molecule has 2 rings (SSSR count). The summed E-state index contributed by atoms with van der Waals surface area (Å²) in [4.78, 5) is 11.6. The highest BCUT2D eigenvalue weighted by Gasteiger charge is 2.29. The summed E-state index contributed by atoms with van der Waals surface area (Å²) in [5.41, 5.74) is 0. The Morgan fingerprint density at radius 3 is 3.00 bits per heavy atom. The molecule has 1 saturated carbocycles. The summed E-state index contributed by atoms with van der Waals surface area (Å²) in [6.45, 7) is 0. The van der Waals surface area contributed by atoms with Crippen molar-refractivity contribution in [3.8, 4) is 0 Å². The third-order valence-electron chi connectivity index (χ3n) is 3.17. The fourth-order valence-corrected chi connectivity index (χ4v) is 2.47. The first-order valence-corrected chi connectivity index (χ1v) is 5.07. The molecule has 0 aromatic heterocycles. The van der Waals surface area contributed by atoms with Crippen molar-refractivity contribution in [3.05, 3.63) is 12.2 Å². The highest BCUT2D eigenvalue weighted by molar-refractivity contribution is 5.82. The molecule has 0 aliphatic heterocycles. The Morgan fingerprint density at radius 1 is 1.25 bits per heavy atom. The lowest BCUT2D eigenvalue weighted by Gasteiger charge is -2.26. The second kappa shape index (κ2) is 3.42. The number of Topliss-reactive ketones (excluding diaryl/α,β-unsaturated/α-hetero) is 1. The zero-order chi connectivity index (χ0) is 8.39. The first kappa shape index (κ1) is 8.03. The molecule has 12 heavy (non-hydrogen) atoms. The van der Waals surface area contributed by atoms with E-state index in [2.05, 4.69) is 12.2 Å². The summed E-state index contributed by atoms with van der Waals surface area (Å²) in [7, 11) is 0. The van der Waals surface area contributed by atoms with Crippen molar-refractivity contribution in [2.75, 3.05) is 0 Å². The standard InChI is InChI=1S/C11H16O/c12-11-8-4-2-6-9-5-1-3-7-10(9)11/h2,6,9-10H,1,3-5,7-8H2. The molecule has 2 aliphatic rings. The van der Waals surface area contributed by atoms with Crippen LogP contribution in [0.25, 0.3) is 0 Å².